The third-order valence-electron chi connectivity index (χ3n) is 2.28. The molecule has 0 aromatic rings. The summed E-state index contributed by atoms with van der Waals surface area (Å²) in [6, 6.07) is 0. The molecule has 0 radical (unpaired) electrons. The Morgan fingerprint density at radius 1 is 1.18 bits per heavy atom. The molecule has 0 aliphatic heterocycles. The van der Waals surface area contributed by atoms with E-state index in [1.54, 1.807) is 0 Å². The third kappa shape index (κ3) is 6.15. The van der Waals surface area contributed by atoms with Crippen LogP contribution < -0.4 is 0 Å². The fraction of sp³-hybridized carbons (Fsp3) is 0.818. The zero-order valence-electron chi connectivity index (χ0n) is 8.43. The Morgan fingerprint density at radius 3 is 2.27 bits per heavy atom. The maximum atomic E-state index is 2.34. The van der Waals surface area contributed by atoms with Gasteiger partial charge in [0.1, 0.15) is 0 Å². The van der Waals surface area contributed by atoms with Gasteiger partial charge in [-0.05, 0) is 31.6 Å². The first kappa shape index (κ1) is 10.7. The van der Waals surface area contributed by atoms with Crippen molar-refractivity contribution in [1.82, 2.24) is 0 Å². The molecule has 0 N–H and O–H groups in total. The van der Waals surface area contributed by atoms with E-state index >= 15 is 0 Å². The van der Waals surface area contributed by atoms with Crippen LogP contribution in [0.25, 0.3) is 0 Å². The lowest BCUT2D eigenvalue weighted by molar-refractivity contribution is 0.408. The van der Waals surface area contributed by atoms with Gasteiger partial charge in [0.15, 0.2) is 0 Å². The van der Waals surface area contributed by atoms with E-state index < -0.39 is 0 Å². The lowest BCUT2D eigenvalue weighted by Gasteiger charge is -2.13. The van der Waals surface area contributed by atoms with Crippen molar-refractivity contribution < 1.29 is 0 Å². The smallest absolute Gasteiger partial charge is 0.0325 e. The van der Waals surface area contributed by atoms with E-state index in [0.717, 1.165) is 11.8 Å². The zero-order chi connectivity index (χ0) is 8.69. The van der Waals surface area contributed by atoms with Crippen LogP contribution in [0.4, 0.5) is 0 Å². The molecule has 0 rings (SSSR count). The van der Waals surface area contributed by atoms with Crippen LogP contribution in [0.1, 0.15) is 47.0 Å². The highest BCUT2D eigenvalue weighted by Crippen LogP contribution is 2.17. The number of allylic oxidation sites excluding steroid dienone is 2. The van der Waals surface area contributed by atoms with Crippen molar-refractivity contribution in [2.24, 2.45) is 11.8 Å². The Kier molecular flexibility index (Phi) is 6.30. The van der Waals surface area contributed by atoms with Gasteiger partial charge in [-0.15, -0.1) is 0 Å². The van der Waals surface area contributed by atoms with Crippen LogP contribution >= 0.6 is 0 Å². The van der Waals surface area contributed by atoms with Gasteiger partial charge in [-0.1, -0.05) is 39.3 Å². The standard InChI is InChI=1S/C11H22/c1-5-7-8-11(4)9-10(3)6-2/h5,7,10-11H,6,8-9H2,1-4H3/b7-5+. The summed E-state index contributed by atoms with van der Waals surface area (Å²) >= 11 is 0. The maximum Gasteiger partial charge on any atom is -0.0325 e. The Labute approximate surface area is 71.7 Å². The Morgan fingerprint density at radius 2 is 1.82 bits per heavy atom. The fourth-order valence-electron chi connectivity index (χ4n) is 1.32. The van der Waals surface area contributed by atoms with Crippen LogP contribution in [0.2, 0.25) is 0 Å². The van der Waals surface area contributed by atoms with Gasteiger partial charge >= 0.3 is 0 Å². The summed E-state index contributed by atoms with van der Waals surface area (Å²) in [5.74, 6) is 1.76. The van der Waals surface area contributed by atoms with Gasteiger partial charge < -0.3 is 0 Å². The second kappa shape index (κ2) is 6.45. The highest BCUT2D eigenvalue weighted by atomic mass is 14.1. The predicted octanol–water partition coefficient (Wildman–Crippen LogP) is 4.02. The lowest BCUT2D eigenvalue weighted by atomic mass is 9.93. The van der Waals surface area contributed by atoms with E-state index in [-0.39, 0.29) is 0 Å². The molecule has 0 fully saturated rings. The first-order valence-electron chi connectivity index (χ1n) is 4.81. The van der Waals surface area contributed by atoms with E-state index in [0.29, 0.717) is 0 Å². The second-order valence-corrected chi connectivity index (χ2v) is 3.66. The number of hydrogen-bond acceptors (Lipinski definition) is 0. The molecule has 0 aromatic heterocycles. The predicted molar refractivity (Wildman–Crippen MR) is 52.7 cm³/mol. The summed E-state index contributed by atoms with van der Waals surface area (Å²) in [5, 5.41) is 0. The van der Waals surface area contributed by atoms with Gasteiger partial charge in [-0.25, -0.2) is 0 Å². The molecular weight excluding hydrogens is 132 g/mol. The van der Waals surface area contributed by atoms with Crippen molar-refractivity contribution in [2.45, 2.75) is 47.0 Å². The molecule has 0 saturated carbocycles. The normalized spacial score (nSPS) is 17.1. The molecule has 0 amide bonds. The van der Waals surface area contributed by atoms with Crippen LogP contribution in [0.15, 0.2) is 12.2 Å². The summed E-state index contributed by atoms with van der Waals surface area (Å²) in [6.45, 7) is 9.04. The molecule has 0 saturated heterocycles. The van der Waals surface area contributed by atoms with Crippen LogP contribution in [-0.2, 0) is 0 Å². The summed E-state index contributed by atoms with van der Waals surface area (Å²) in [4.78, 5) is 0. The van der Waals surface area contributed by atoms with Crippen LogP contribution in [0.5, 0.6) is 0 Å². The highest BCUT2D eigenvalue weighted by Gasteiger charge is 2.04. The van der Waals surface area contributed by atoms with Gasteiger partial charge in [0.25, 0.3) is 0 Å². The summed E-state index contributed by atoms with van der Waals surface area (Å²) in [6.07, 6.45) is 8.36. The van der Waals surface area contributed by atoms with Gasteiger partial charge in [-0.2, -0.15) is 0 Å². The molecule has 0 heterocycles. The number of hydrogen-bond donors (Lipinski definition) is 0. The minimum absolute atomic E-state index is 0.862. The molecule has 0 spiro atoms. The Hall–Kier alpha value is -0.260. The molecule has 2 atom stereocenters. The molecule has 0 bridgehead atoms. The summed E-state index contributed by atoms with van der Waals surface area (Å²) in [5.41, 5.74) is 0. The second-order valence-electron chi connectivity index (χ2n) is 3.66. The summed E-state index contributed by atoms with van der Waals surface area (Å²) in [7, 11) is 0. The largest absolute Gasteiger partial charge is 0.0917 e. The van der Waals surface area contributed by atoms with E-state index in [1.165, 1.54) is 19.3 Å². The number of rotatable bonds is 5. The van der Waals surface area contributed by atoms with Crippen molar-refractivity contribution in [2.75, 3.05) is 0 Å². The van der Waals surface area contributed by atoms with E-state index in [4.69, 9.17) is 0 Å². The minimum atomic E-state index is 0.862. The zero-order valence-corrected chi connectivity index (χ0v) is 8.43. The van der Waals surface area contributed by atoms with Crippen molar-refractivity contribution in [3.05, 3.63) is 12.2 Å². The van der Waals surface area contributed by atoms with Crippen molar-refractivity contribution in [3.8, 4) is 0 Å². The summed E-state index contributed by atoms with van der Waals surface area (Å²) < 4.78 is 0. The van der Waals surface area contributed by atoms with Gasteiger partial charge in [-0.3, -0.25) is 0 Å². The SMILES string of the molecule is C/C=C/CC(C)CC(C)CC. The highest BCUT2D eigenvalue weighted by molar-refractivity contribution is 4.79. The van der Waals surface area contributed by atoms with Crippen LogP contribution in [-0.4, -0.2) is 0 Å². The average molecular weight is 154 g/mol. The molecule has 2 unspecified atom stereocenters. The molecule has 66 valence electrons. The average Bonchev–Trinajstić information content (AvgIpc) is 2.00. The molecule has 0 heteroatoms. The quantitative estimate of drug-likeness (QED) is 0.524. The molecule has 0 aromatic carbocycles. The lowest BCUT2D eigenvalue weighted by Crippen LogP contribution is -2.00. The molecule has 0 aliphatic carbocycles. The van der Waals surface area contributed by atoms with E-state index in [1.807, 2.05) is 0 Å². The maximum absolute atomic E-state index is 2.34. The van der Waals surface area contributed by atoms with Crippen molar-refractivity contribution in [3.63, 3.8) is 0 Å². The van der Waals surface area contributed by atoms with Crippen molar-refractivity contribution in [1.29, 1.82) is 0 Å². The van der Waals surface area contributed by atoms with Gasteiger partial charge in [0.05, 0.1) is 0 Å². The molecule has 0 aliphatic rings. The van der Waals surface area contributed by atoms with E-state index in [9.17, 15) is 0 Å². The first-order chi connectivity index (χ1) is 5.20. The van der Waals surface area contributed by atoms with Crippen LogP contribution in [0, 0.1) is 11.8 Å². The Balaban J connectivity index is 3.42. The first-order valence-corrected chi connectivity index (χ1v) is 4.81. The molecular formula is C11H22. The van der Waals surface area contributed by atoms with Crippen molar-refractivity contribution >= 4 is 0 Å². The third-order valence-corrected chi connectivity index (χ3v) is 2.28. The minimum Gasteiger partial charge on any atom is -0.0917 e. The topological polar surface area (TPSA) is 0 Å². The van der Waals surface area contributed by atoms with Crippen LogP contribution in [0.3, 0.4) is 0 Å². The Bertz CT molecular complexity index is 103. The van der Waals surface area contributed by atoms with Gasteiger partial charge in [0, 0.05) is 0 Å². The molecule has 0 nitrogen and oxygen atoms in total. The molecule has 11 heavy (non-hydrogen) atoms. The monoisotopic (exact) mass is 154 g/mol. The van der Waals surface area contributed by atoms with E-state index in [2.05, 4.69) is 39.8 Å². The fourth-order valence-corrected chi connectivity index (χ4v) is 1.32. The van der Waals surface area contributed by atoms with Gasteiger partial charge in [0.2, 0.25) is 0 Å².